The van der Waals surface area contributed by atoms with Gasteiger partial charge < -0.3 is 19.9 Å². The molecule has 1 fully saturated rings. The summed E-state index contributed by atoms with van der Waals surface area (Å²) >= 11 is -2.75. The molecule has 3 N–H and O–H groups in total. The third-order valence-electron chi connectivity index (χ3n) is 6.24. The van der Waals surface area contributed by atoms with Gasteiger partial charge in [0.25, 0.3) is 0 Å². The van der Waals surface area contributed by atoms with Crippen LogP contribution in [0.2, 0.25) is 0 Å². The summed E-state index contributed by atoms with van der Waals surface area (Å²) in [7, 11) is 0. The molecule has 1 amide bonds. The van der Waals surface area contributed by atoms with Crippen LogP contribution in [0.5, 0.6) is 11.6 Å². The molecule has 1 aliphatic rings. The standard InChI is InChI=1S/C27H24F2N6O4S/c28-23-19(25(35-40(37)38)16-5-2-1-3-6-16)9-10-21(24(23)29)39-26-18(7-4-13-30-26)20-12-14-31-27(34-20)33-17-8-11-22(36)32-15-17/h1-7,9-10,12-14,17,25,35H,8,11,15H2,(H,32,36)(H,37,38)(H,31,33,34)/p-1/t17-,25-/m0/s1. The van der Waals surface area contributed by atoms with Crippen molar-refractivity contribution in [1.82, 2.24) is 25.0 Å². The largest absolute Gasteiger partial charge is 0.760 e. The normalized spacial score (nSPS) is 16.6. The molecular weight excluding hydrogens is 542 g/mol. The van der Waals surface area contributed by atoms with E-state index in [2.05, 4.69) is 30.3 Å². The summed E-state index contributed by atoms with van der Waals surface area (Å²) in [5, 5.41) is 5.97. The third kappa shape index (κ3) is 6.28. The van der Waals surface area contributed by atoms with E-state index < -0.39 is 34.7 Å². The number of carbonyl (C=O) groups is 1. The van der Waals surface area contributed by atoms with E-state index in [4.69, 9.17) is 4.74 Å². The lowest BCUT2D eigenvalue weighted by Gasteiger charge is -2.23. The molecule has 2 aromatic heterocycles. The highest BCUT2D eigenvalue weighted by Gasteiger charge is 2.24. The van der Waals surface area contributed by atoms with Gasteiger partial charge in [-0.1, -0.05) is 36.4 Å². The van der Waals surface area contributed by atoms with Gasteiger partial charge in [-0.05, 0) is 36.2 Å². The Kier molecular flexibility index (Phi) is 8.34. The number of ether oxygens (including phenoxy) is 1. The monoisotopic (exact) mass is 565 g/mol. The van der Waals surface area contributed by atoms with Gasteiger partial charge in [0.2, 0.25) is 23.6 Å². The van der Waals surface area contributed by atoms with Crippen LogP contribution in [0, 0.1) is 11.6 Å². The van der Waals surface area contributed by atoms with Crippen LogP contribution in [0.25, 0.3) is 11.3 Å². The van der Waals surface area contributed by atoms with E-state index in [0.717, 1.165) is 0 Å². The fraction of sp³-hybridized carbons (Fsp3) is 0.185. The van der Waals surface area contributed by atoms with Crippen LogP contribution in [0.1, 0.15) is 30.0 Å². The molecule has 13 heteroatoms. The molecule has 0 saturated carbocycles. The van der Waals surface area contributed by atoms with Crippen molar-refractivity contribution in [3.8, 4) is 22.9 Å². The topological polar surface area (TPSA) is 141 Å². The second-order valence-electron chi connectivity index (χ2n) is 8.88. The first-order valence-corrected chi connectivity index (χ1v) is 13.3. The Balaban J connectivity index is 1.41. The zero-order valence-electron chi connectivity index (χ0n) is 20.8. The maximum Gasteiger partial charge on any atom is 0.228 e. The van der Waals surface area contributed by atoms with E-state index >= 15 is 8.78 Å². The molecule has 3 heterocycles. The first-order chi connectivity index (χ1) is 19.4. The van der Waals surface area contributed by atoms with Gasteiger partial charge >= 0.3 is 0 Å². The minimum absolute atomic E-state index is 0.00574. The Bertz CT molecular complexity index is 1530. The maximum absolute atomic E-state index is 15.3. The molecule has 4 aromatic rings. The number of carbonyl (C=O) groups excluding carboxylic acids is 1. The number of nitrogens with one attached hydrogen (secondary N) is 3. The molecule has 206 valence electrons. The number of anilines is 1. The number of amides is 1. The summed E-state index contributed by atoms with van der Waals surface area (Å²) in [6.07, 6.45) is 4.00. The van der Waals surface area contributed by atoms with Crippen LogP contribution in [0.15, 0.2) is 73.1 Å². The van der Waals surface area contributed by atoms with E-state index in [1.807, 2.05) is 0 Å². The Morgan fingerprint density at radius 2 is 1.85 bits per heavy atom. The average molecular weight is 566 g/mol. The summed E-state index contributed by atoms with van der Waals surface area (Å²) in [4.78, 5) is 24.3. The molecule has 0 aliphatic carbocycles. The maximum atomic E-state index is 15.3. The third-order valence-corrected chi connectivity index (χ3v) is 6.67. The van der Waals surface area contributed by atoms with Crippen LogP contribution in [0.4, 0.5) is 14.7 Å². The quantitative estimate of drug-likeness (QED) is 0.261. The molecule has 40 heavy (non-hydrogen) atoms. The molecule has 1 saturated heterocycles. The Hall–Kier alpha value is -4.33. The van der Waals surface area contributed by atoms with E-state index in [0.29, 0.717) is 42.2 Å². The van der Waals surface area contributed by atoms with Gasteiger partial charge in [0.05, 0.1) is 17.3 Å². The first-order valence-electron chi connectivity index (χ1n) is 12.3. The highest BCUT2D eigenvalue weighted by atomic mass is 32.2. The second kappa shape index (κ2) is 12.2. The van der Waals surface area contributed by atoms with Crippen LogP contribution in [-0.2, 0) is 16.1 Å². The van der Waals surface area contributed by atoms with E-state index in [9.17, 15) is 13.6 Å². The summed E-state index contributed by atoms with van der Waals surface area (Å²) < 4.78 is 61.3. The molecule has 0 spiro atoms. The minimum atomic E-state index is -2.75. The molecule has 2 aromatic carbocycles. The number of rotatable bonds is 9. The summed E-state index contributed by atoms with van der Waals surface area (Å²) in [5.41, 5.74) is 1.03. The van der Waals surface area contributed by atoms with Crippen molar-refractivity contribution in [2.24, 2.45) is 0 Å². The molecule has 0 bridgehead atoms. The zero-order chi connectivity index (χ0) is 28.1. The molecular formula is C27H23F2N6O4S-. The van der Waals surface area contributed by atoms with Crippen LogP contribution >= 0.6 is 0 Å². The molecule has 0 radical (unpaired) electrons. The lowest BCUT2D eigenvalue weighted by Crippen LogP contribution is -2.42. The van der Waals surface area contributed by atoms with Crippen LogP contribution in [0.3, 0.4) is 0 Å². The van der Waals surface area contributed by atoms with E-state index in [-0.39, 0.29) is 23.4 Å². The van der Waals surface area contributed by atoms with Crippen molar-refractivity contribution in [3.63, 3.8) is 0 Å². The lowest BCUT2D eigenvalue weighted by atomic mass is 9.99. The van der Waals surface area contributed by atoms with Crippen molar-refractivity contribution < 1.29 is 27.1 Å². The van der Waals surface area contributed by atoms with Crippen molar-refractivity contribution in [3.05, 3.63) is 95.8 Å². The summed E-state index contributed by atoms with van der Waals surface area (Å²) in [5.74, 6) is -2.73. The highest BCUT2D eigenvalue weighted by Crippen LogP contribution is 2.35. The Labute approximate surface area is 230 Å². The zero-order valence-corrected chi connectivity index (χ0v) is 21.7. The van der Waals surface area contributed by atoms with Crippen molar-refractivity contribution in [1.29, 1.82) is 0 Å². The van der Waals surface area contributed by atoms with E-state index in [1.54, 1.807) is 48.5 Å². The van der Waals surface area contributed by atoms with Gasteiger partial charge in [0.15, 0.2) is 11.6 Å². The first kappa shape index (κ1) is 27.2. The van der Waals surface area contributed by atoms with Crippen LogP contribution < -0.4 is 20.1 Å². The van der Waals surface area contributed by atoms with Gasteiger partial charge in [-0.15, -0.1) is 0 Å². The van der Waals surface area contributed by atoms with Gasteiger partial charge in [-0.2, -0.15) is 4.39 Å². The van der Waals surface area contributed by atoms with Crippen molar-refractivity contribution >= 4 is 23.1 Å². The Morgan fingerprint density at radius 1 is 1.02 bits per heavy atom. The van der Waals surface area contributed by atoms with Gasteiger partial charge in [0.1, 0.15) is 0 Å². The fourth-order valence-corrected chi connectivity index (χ4v) is 4.74. The number of halogens is 2. The Morgan fingerprint density at radius 3 is 2.60 bits per heavy atom. The molecule has 10 nitrogen and oxygen atoms in total. The SMILES string of the molecule is O=C1CC[C@H](Nc2nccc(-c3cccnc3Oc3ccc([C@@H](NS(=O)[O-])c4ccccc4)c(F)c3F)n2)CN1. The average Bonchev–Trinajstić information content (AvgIpc) is 2.97. The number of pyridine rings is 1. The van der Waals surface area contributed by atoms with Crippen molar-refractivity contribution in [2.75, 3.05) is 11.9 Å². The number of hydrogen-bond acceptors (Lipinski definition) is 8. The number of aromatic nitrogens is 3. The minimum Gasteiger partial charge on any atom is -0.760 e. The second-order valence-corrected chi connectivity index (χ2v) is 9.59. The highest BCUT2D eigenvalue weighted by molar-refractivity contribution is 7.77. The predicted molar refractivity (Wildman–Crippen MR) is 142 cm³/mol. The predicted octanol–water partition coefficient (Wildman–Crippen LogP) is 3.77. The number of benzene rings is 2. The summed E-state index contributed by atoms with van der Waals surface area (Å²) in [6, 6.07) is 14.4. The fourth-order valence-electron chi connectivity index (χ4n) is 4.29. The van der Waals surface area contributed by atoms with E-state index in [1.165, 1.54) is 24.5 Å². The smallest absolute Gasteiger partial charge is 0.228 e. The number of piperidine rings is 1. The van der Waals surface area contributed by atoms with Crippen molar-refractivity contribution in [2.45, 2.75) is 24.9 Å². The molecule has 1 aliphatic heterocycles. The molecule has 3 atom stereocenters. The molecule has 1 unspecified atom stereocenters. The van der Waals surface area contributed by atoms with Crippen LogP contribution in [-0.4, -0.2) is 42.2 Å². The van der Waals surface area contributed by atoms with Gasteiger partial charge in [-0.25, -0.2) is 24.1 Å². The number of hydrogen-bond donors (Lipinski definition) is 3. The van der Waals surface area contributed by atoms with Gasteiger partial charge in [-0.3, -0.25) is 9.00 Å². The van der Waals surface area contributed by atoms with Gasteiger partial charge in [0, 0.05) is 48.2 Å². The summed E-state index contributed by atoms with van der Waals surface area (Å²) in [6.45, 7) is 0.444. The lowest BCUT2D eigenvalue weighted by molar-refractivity contribution is -0.122. The molecule has 5 rings (SSSR count). The number of nitrogens with zero attached hydrogens (tertiary/aromatic N) is 3.